The van der Waals surface area contributed by atoms with Crippen molar-refractivity contribution in [2.45, 2.75) is 20.3 Å². The molecule has 0 fully saturated rings. The molecule has 0 aliphatic rings. The lowest BCUT2D eigenvalue weighted by Crippen LogP contribution is -2.34. The molecule has 1 amide bonds. The Kier molecular flexibility index (Phi) is 6.18. The van der Waals surface area contributed by atoms with Crippen molar-refractivity contribution in [2.75, 3.05) is 32.6 Å². The normalized spacial score (nSPS) is 10.4. The van der Waals surface area contributed by atoms with Crippen LogP contribution >= 0.6 is 0 Å². The quantitative estimate of drug-likeness (QED) is 0.803. The number of hydrogen-bond acceptors (Lipinski definition) is 4. The Morgan fingerprint density at radius 3 is 2.60 bits per heavy atom. The van der Waals surface area contributed by atoms with Gasteiger partial charge in [0, 0.05) is 5.69 Å². The number of hydrogen-bond donors (Lipinski definition) is 1. The standard InChI is InChI=1S/C15H22N2O3/c1-5-12-8-6-7-11(2)15(12)16-13(18)9-17(3)10-14(19)20-4/h6-8H,5,9-10H2,1-4H3,(H,16,18). The third-order valence-corrected chi connectivity index (χ3v) is 3.04. The van der Waals surface area contributed by atoms with E-state index in [1.807, 2.05) is 32.0 Å². The Bertz CT molecular complexity index is 486. The van der Waals surface area contributed by atoms with Crippen LogP contribution in [0, 0.1) is 6.92 Å². The molecule has 0 aliphatic carbocycles. The van der Waals surface area contributed by atoms with Gasteiger partial charge in [-0.05, 0) is 31.5 Å². The molecule has 0 unspecified atom stereocenters. The van der Waals surface area contributed by atoms with E-state index in [-0.39, 0.29) is 25.0 Å². The van der Waals surface area contributed by atoms with Crippen molar-refractivity contribution in [3.8, 4) is 0 Å². The van der Waals surface area contributed by atoms with Crippen molar-refractivity contribution in [3.05, 3.63) is 29.3 Å². The van der Waals surface area contributed by atoms with Gasteiger partial charge in [0.25, 0.3) is 0 Å². The summed E-state index contributed by atoms with van der Waals surface area (Å²) >= 11 is 0. The van der Waals surface area contributed by atoms with Gasteiger partial charge in [0.1, 0.15) is 0 Å². The summed E-state index contributed by atoms with van der Waals surface area (Å²) in [5.74, 6) is -0.495. The third-order valence-electron chi connectivity index (χ3n) is 3.04. The molecule has 0 aliphatic heterocycles. The highest BCUT2D eigenvalue weighted by atomic mass is 16.5. The van der Waals surface area contributed by atoms with E-state index in [1.54, 1.807) is 11.9 Å². The van der Waals surface area contributed by atoms with Crippen LogP contribution in [0.4, 0.5) is 5.69 Å². The van der Waals surface area contributed by atoms with Crippen LogP contribution < -0.4 is 5.32 Å². The van der Waals surface area contributed by atoms with Crippen LogP contribution in [0.15, 0.2) is 18.2 Å². The molecule has 1 N–H and O–H groups in total. The number of benzene rings is 1. The average molecular weight is 278 g/mol. The van der Waals surface area contributed by atoms with Crippen molar-refractivity contribution in [1.82, 2.24) is 4.90 Å². The van der Waals surface area contributed by atoms with Gasteiger partial charge in [-0.3, -0.25) is 14.5 Å². The number of nitrogens with one attached hydrogen (secondary N) is 1. The number of esters is 1. The molecule has 0 heterocycles. The van der Waals surface area contributed by atoms with Crippen LogP contribution in [-0.2, 0) is 20.7 Å². The molecule has 0 saturated carbocycles. The molecule has 1 rings (SSSR count). The van der Waals surface area contributed by atoms with Gasteiger partial charge in [-0.1, -0.05) is 25.1 Å². The summed E-state index contributed by atoms with van der Waals surface area (Å²) in [5, 5.41) is 2.92. The summed E-state index contributed by atoms with van der Waals surface area (Å²) in [4.78, 5) is 24.7. The van der Waals surface area contributed by atoms with Crippen LogP contribution in [0.5, 0.6) is 0 Å². The van der Waals surface area contributed by atoms with Crippen LogP contribution in [0.2, 0.25) is 0 Å². The van der Waals surface area contributed by atoms with Crippen LogP contribution in [0.1, 0.15) is 18.1 Å². The minimum atomic E-state index is -0.356. The molecule has 0 radical (unpaired) electrons. The van der Waals surface area contributed by atoms with Crippen LogP contribution in [0.25, 0.3) is 0 Å². The fraction of sp³-hybridized carbons (Fsp3) is 0.467. The smallest absolute Gasteiger partial charge is 0.319 e. The topological polar surface area (TPSA) is 58.6 Å². The summed E-state index contributed by atoms with van der Waals surface area (Å²) in [6.07, 6.45) is 0.856. The van der Waals surface area contributed by atoms with Gasteiger partial charge in [-0.15, -0.1) is 0 Å². The number of amides is 1. The zero-order valence-corrected chi connectivity index (χ0v) is 12.5. The molecule has 1 aromatic rings. The predicted octanol–water partition coefficient (Wildman–Crippen LogP) is 1.60. The monoisotopic (exact) mass is 278 g/mol. The molecule has 5 nitrogen and oxygen atoms in total. The van der Waals surface area contributed by atoms with E-state index in [0.29, 0.717) is 0 Å². The fourth-order valence-corrected chi connectivity index (χ4v) is 1.97. The molecule has 5 heteroatoms. The van der Waals surface area contributed by atoms with E-state index in [9.17, 15) is 9.59 Å². The van der Waals surface area contributed by atoms with Gasteiger partial charge in [0.15, 0.2) is 0 Å². The molecule has 0 spiro atoms. The molecule has 0 bridgehead atoms. The third kappa shape index (κ3) is 4.66. The maximum Gasteiger partial charge on any atom is 0.319 e. The number of rotatable bonds is 6. The van der Waals surface area contributed by atoms with E-state index in [1.165, 1.54) is 7.11 Å². The number of carbonyl (C=O) groups excluding carboxylic acids is 2. The maximum absolute atomic E-state index is 12.0. The van der Waals surface area contributed by atoms with E-state index in [4.69, 9.17) is 0 Å². The van der Waals surface area contributed by atoms with Gasteiger partial charge in [-0.2, -0.15) is 0 Å². The summed E-state index contributed by atoms with van der Waals surface area (Å²) in [7, 11) is 3.03. The first-order chi connectivity index (χ1) is 9.47. The Balaban J connectivity index is 2.65. The van der Waals surface area contributed by atoms with Crippen molar-refractivity contribution in [3.63, 3.8) is 0 Å². The number of aryl methyl sites for hydroxylation is 2. The Morgan fingerprint density at radius 2 is 2.00 bits per heavy atom. The fourth-order valence-electron chi connectivity index (χ4n) is 1.97. The Morgan fingerprint density at radius 1 is 1.30 bits per heavy atom. The summed E-state index contributed by atoms with van der Waals surface area (Å²) in [5.41, 5.74) is 3.01. The van der Waals surface area contributed by atoms with E-state index >= 15 is 0 Å². The number of methoxy groups -OCH3 is 1. The first-order valence-corrected chi connectivity index (χ1v) is 6.61. The van der Waals surface area contributed by atoms with Crippen molar-refractivity contribution in [2.24, 2.45) is 0 Å². The minimum Gasteiger partial charge on any atom is -0.468 e. The van der Waals surface area contributed by atoms with Gasteiger partial charge in [-0.25, -0.2) is 0 Å². The number of para-hydroxylation sites is 1. The number of carbonyl (C=O) groups is 2. The van der Waals surface area contributed by atoms with Crippen molar-refractivity contribution >= 4 is 17.6 Å². The lowest BCUT2D eigenvalue weighted by atomic mass is 10.1. The van der Waals surface area contributed by atoms with Crippen LogP contribution in [-0.4, -0.2) is 44.0 Å². The number of anilines is 1. The van der Waals surface area contributed by atoms with E-state index in [2.05, 4.69) is 10.1 Å². The largest absolute Gasteiger partial charge is 0.468 e. The SMILES string of the molecule is CCc1cccc(C)c1NC(=O)CN(C)CC(=O)OC. The van der Waals surface area contributed by atoms with E-state index < -0.39 is 0 Å². The zero-order chi connectivity index (χ0) is 15.1. The molecule has 20 heavy (non-hydrogen) atoms. The van der Waals surface area contributed by atoms with Gasteiger partial charge in [0.2, 0.25) is 5.91 Å². The highest BCUT2D eigenvalue weighted by Crippen LogP contribution is 2.20. The second-order valence-electron chi connectivity index (χ2n) is 4.76. The van der Waals surface area contributed by atoms with Crippen molar-refractivity contribution < 1.29 is 14.3 Å². The summed E-state index contributed by atoms with van der Waals surface area (Å²) in [6, 6.07) is 5.95. The lowest BCUT2D eigenvalue weighted by molar-refractivity contribution is -0.141. The second kappa shape index (κ2) is 7.65. The predicted molar refractivity (Wildman–Crippen MR) is 78.7 cm³/mol. The number of nitrogens with zero attached hydrogens (tertiary/aromatic N) is 1. The van der Waals surface area contributed by atoms with Crippen molar-refractivity contribution in [1.29, 1.82) is 0 Å². The van der Waals surface area contributed by atoms with E-state index in [0.717, 1.165) is 23.2 Å². The highest BCUT2D eigenvalue weighted by Gasteiger charge is 2.13. The van der Waals surface area contributed by atoms with Gasteiger partial charge < -0.3 is 10.1 Å². The lowest BCUT2D eigenvalue weighted by Gasteiger charge is -2.17. The molecular weight excluding hydrogens is 256 g/mol. The van der Waals surface area contributed by atoms with Gasteiger partial charge in [0.05, 0.1) is 20.2 Å². The number of ether oxygens (including phenoxy) is 1. The second-order valence-corrected chi connectivity index (χ2v) is 4.76. The molecule has 110 valence electrons. The van der Waals surface area contributed by atoms with Gasteiger partial charge >= 0.3 is 5.97 Å². The molecule has 0 saturated heterocycles. The Labute approximate surface area is 119 Å². The highest BCUT2D eigenvalue weighted by molar-refractivity contribution is 5.94. The summed E-state index contributed by atoms with van der Waals surface area (Å²) < 4.78 is 4.56. The van der Waals surface area contributed by atoms with Crippen LogP contribution in [0.3, 0.4) is 0 Å². The molecule has 0 aromatic heterocycles. The minimum absolute atomic E-state index is 0.0956. The molecule has 1 aromatic carbocycles. The maximum atomic E-state index is 12.0. The number of likely N-dealkylation sites (N-methyl/N-ethyl adjacent to an activating group) is 1. The molecular formula is C15H22N2O3. The Hall–Kier alpha value is -1.88. The zero-order valence-electron chi connectivity index (χ0n) is 12.5. The summed E-state index contributed by atoms with van der Waals surface area (Å²) in [6.45, 7) is 4.26. The first-order valence-electron chi connectivity index (χ1n) is 6.61. The molecule has 0 atom stereocenters. The first kappa shape index (κ1) is 16.2. The average Bonchev–Trinajstić information content (AvgIpc) is 2.40.